The molecule has 3 heteroatoms. The van der Waals surface area contributed by atoms with Crippen molar-refractivity contribution >= 4 is 5.97 Å². The predicted molar refractivity (Wildman–Crippen MR) is 96.9 cm³/mol. The molecular formula is C20H31NO2. The molecular weight excluding hydrogens is 286 g/mol. The third kappa shape index (κ3) is 5.51. The fourth-order valence-corrected chi connectivity index (χ4v) is 4.02. The van der Waals surface area contributed by atoms with Crippen LogP contribution >= 0.6 is 0 Å². The van der Waals surface area contributed by atoms with Crippen LogP contribution in [0, 0.1) is 5.92 Å². The van der Waals surface area contributed by atoms with E-state index in [9.17, 15) is 4.79 Å². The van der Waals surface area contributed by atoms with Gasteiger partial charge in [-0.15, -0.1) is 6.58 Å². The van der Waals surface area contributed by atoms with E-state index in [-0.39, 0.29) is 0 Å². The smallest absolute Gasteiger partial charge is 0.335 e. The van der Waals surface area contributed by atoms with Gasteiger partial charge in [-0.1, -0.05) is 31.2 Å². The van der Waals surface area contributed by atoms with E-state index in [2.05, 4.69) is 46.1 Å². The maximum Gasteiger partial charge on any atom is 0.335 e. The molecule has 1 fully saturated rings. The van der Waals surface area contributed by atoms with Crippen molar-refractivity contribution in [2.24, 2.45) is 5.92 Å². The molecule has 1 N–H and O–H groups in total. The molecule has 0 unspecified atom stereocenters. The number of carboxylic acids is 1. The minimum absolute atomic E-state index is 0.315. The SMILES string of the molecule is C=CCN1C(C)(C)CC(C)CC1(C)C.O=C(O)c1ccccc1. The minimum Gasteiger partial charge on any atom is -0.478 e. The van der Waals surface area contributed by atoms with Crippen molar-refractivity contribution in [3.63, 3.8) is 0 Å². The Balaban J connectivity index is 0.000000253. The van der Waals surface area contributed by atoms with Crippen molar-refractivity contribution in [2.75, 3.05) is 6.54 Å². The average Bonchev–Trinajstić information content (AvgIpc) is 2.43. The lowest BCUT2D eigenvalue weighted by atomic mass is 9.74. The zero-order valence-corrected chi connectivity index (χ0v) is 15.2. The monoisotopic (exact) mass is 317 g/mol. The van der Waals surface area contributed by atoms with Crippen molar-refractivity contribution < 1.29 is 9.90 Å². The third-order valence-corrected chi connectivity index (χ3v) is 4.49. The number of rotatable bonds is 3. The number of hydrogen-bond acceptors (Lipinski definition) is 2. The summed E-state index contributed by atoms with van der Waals surface area (Å²) in [5.74, 6) is -0.0448. The van der Waals surface area contributed by atoms with Gasteiger partial charge in [0.05, 0.1) is 5.56 Å². The summed E-state index contributed by atoms with van der Waals surface area (Å²) in [4.78, 5) is 12.8. The maximum absolute atomic E-state index is 10.2. The van der Waals surface area contributed by atoms with Gasteiger partial charge in [-0.2, -0.15) is 0 Å². The highest BCUT2D eigenvalue weighted by Gasteiger charge is 2.42. The minimum atomic E-state index is -0.879. The first-order valence-corrected chi connectivity index (χ1v) is 8.27. The van der Waals surface area contributed by atoms with Crippen LogP contribution in [0.5, 0.6) is 0 Å². The quantitative estimate of drug-likeness (QED) is 0.810. The second kappa shape index (κ2) is 7.78. The summed E-state index contributed by atoms with van der Waals surface area (Å²) in [5, 5.41) is 8.38. The number of hydrogen-bond donors (Lipinski definition) is 1. The van der Waals surface area contributed by atoms with Gasteiger partial charge in [0, 0.05) is 17.6 Å². The van der Waals surface area contributed by atoms with Crippen molar-refractivity contribution in [3.05, 3.63) is 48.6 Å². The molecule has 0 bridgehead atoms. The molecule has 23 heavy (non-hydrogen) atoms. The summed E-state index contributed by atoms with van der Waals surface area (Å²) in [5.41, 5.74) is 0.961. The van der Waals surface area contributed by atoms with Crippen molar-refractivity contribution in [2.45, 2.75) is 58.5 Å². The Labute approximate surface area is 141 Å². The summed E-state index contributed by atoms with van der Waals surface area (Å²) in [6.45, 7) is 16.7. The molecule has 1 aliphatic rings. The number of carbonyl (C=O) groups is 1. The number of likely N-dealkylation sites (tertiary alicyclic amines) is 1. The van der Waals surface area contributed by atoms with Gasteiger partial charge in [0.15, 0.2) is 0 Å². The lowest BCUT2D eigenvalue weighted by Gasteiger charge is -2.54. The van der Waals surface area contributed by atoms with E-state index in [4.69, 9.17) is 5.11 Å². The Morgan fingerprint density at radius 2 is 1.70 bits per heavy atom. The molecule has 3 nitrogen and oxygen atoms in total. The topological polar surface area (TPSA) is 40.5 Å². The molecule has 0 amide bonds. The molecule has 0 spiro atoms. The van der Waals surface area contributed by atoms with Crippen molar-refractivity contribution in [1.29, 1.82) is 0 Å². The number of carboxylic acid groups (broad SMARTS) is 1. The van der Waals surface area contributed by atoms with E-state index in [1.54, 1.807) is 30.3 Å². The number of benzene rings is 1. The van der Waals surface area contributed by atoms with Crippen molar-refractivity contribution in [1.82, 2.24) is 4.90 Å². The Morgan fingerprint density at radius 1 is 1.22 bits per heavy atom. The van der Waals surface area contributed by atoms with E-state index in [0.29, 0.717) is 16.6 Å². The lowest BCUT2D eigenvalue weighted by Crippen LogP contribution is -2.60. The van der Waals surface area contributed by atoms with E-state index >= 15 is 0 Å². The van der Waals surface area contributed by atoms with Crippen LogP contribution in [0.2, 0.25) is 0 Å². The molecule has 1 aromatic rings. The summed E-state index contributed by atoms with van der Waals surface area (Å²) in [6, 6.07) is 8.30. The fraction of sp³-hybridized carbons (Fsp3) is 0.550. The largest absolute Gasteiger partial charge is 0.478 e. The summed E-state index contributed by atoms with van der Waals surface area (Å²) in [7, 11) is 0. The van der Waals surface area contributed by atoms with Crippen LogP contribution < -0.4 is 0 Å². The summed E-state index contributed by atoms with van der Waals surface area (Å²) < 4.78 is 0. The van der Waals surface area contributed by atoms with Crippen LogP contribution in [0.15, 0.2) is 43.0 Å². The van der Waals surface area contributed by atoms with Gasteiger partial charge < -0.3 is 5.11 Å². The molecule has 1 heterocycles. The molecule has 1 aromatic carbocycles. The average molecular weight is 317 g/mol. The van der Waals surface area contributed by atoms with Crippen LogP contribution in [-0.2, 0) is 0 Å². The Hall–Kier alpha value is -1.61. The fourth-order valence-electron chi connectivity index (χ4n) is 4.02. The first-order chi connectivity index (χ1) is 10.6. The highest BCUT2D eigenvalue weighted by atomic mass is 16.4. The molecule has 0 aliphatic carbocycles. The van der Waals surface area contributed by atoms with Crippen LogP contribution in [0.3, 0.4) is 0 Å². The van der Waals surface area contributed by atoms with E-state index in [1.807, 2.05) is 6.08 Å². The first-order valence-electron chi connectivity index (χ1n) is 8.27. The zero-order valence-electron chi connectivity index (χ0n) is 15.2. The second-order valence-corrected chi connectivity index (χ2v) is 7.71. The molecule has 128 valence electrons. The normalized spacial score (nSPS) is 20.2. The van der Waals surface area contributed by atoms with E-state index in [1.165, 1.54) is 12.8 Å². The van der Waals surface area contributed by atoms with Crippen LogP contribution in [0.1, 0.15) is 57.8 Å². The van der Waals surface area contributed by atoms with Crippen LogP contribution in [-0.4, -0.2) is 33.6 Å². The van der Waals surface area contributed by atoms with Gasteiger partial charge >= 0.3 is 5.97 Å². The zero-order chi connectivity index (χ0) is 17.7. The van der Waals surface area contributed by atoms with Gasteiger partial charge in [0.25, 0.3) is 0 Å². The highest BCUT2D eigenvalue weighted by molar-refractivity contribution is 5.87. The molecule has 0 atom stereocenters. The van der Waals surface area contributed by atoms with Gasteiger partial charge in [0.2, 0.25) is 0 Å². The lowest BCUT2D eigenvalue weighted by molar-refractivity contribution is -0.0383. The second-order valence-electron chi connectivity index (χ2n) is 7.71. The molecule has 0 radical (unpaired) electrons. The number of aromatic carboxylic acids is 1. The number of nitrogens with zero attached hydrogens (tertiary/aromatic N) is 1. The first kappa shape index (κ1) is 19.4. The van der Waals surface area contributed by atoms with Crippen LogP contribution in [0.4, 0.5) is 0 Å². The molecule has 2 rings (SSSR count). The van der Waals surface area contributed by atoms with E-state index in [0.717, 1.165) is 12.5 Å². The van der Waals surface area contributed by atoms with E-state index < -0.39 is 5.97 Å². The third-order valence-electron chi connectivity index (χ3n) is 4.49. The Morgan fingerprint density at radius 3 is 2.04 bits per heavy atom. The molecule has 1 saturated heterocycles. The van der Waals surface area contributed by atoms with Crippen LogP contribution in [0.25, 0.3) is 0 Å². The number of piperidine rings is 1. The molecule has 0 aromatic heterocycles. The van der Waals surface area contributed by atoms with Gasteiger partial charge in [-0.25, -0.2) is 4.79 Å². The maximum atomic E-state index is 10.2. The highest BCUT2D eigenvalue weighted by Crippen LogP contribution is 2.40. The van der Waals surface area contributed by atoms with Crippen molar-refractivity contribution in [3.8, 4) is 0 Å². The van der Waals surface area contributed by atoms with Gasteiger partial charge in [-0.3, -0.25) is 4.90 Å². The standard InChI is InChI=1S/C13H25N.C7H6O2/c1-7-8-14-12(3,4)9-11(2)10-13(14,5)6;8-7(9)6-4-2-1-3-5-6/h7,11H,1,8-10H2,2-6H3;1-5H,(H,8,9). The predicted octanol–water partition coefficient (Wildman–Crippen LogP) is 4.85. The summed E-state index contributed by atoms with van der Waals surface area (Å²) in [6.07, 6.45) is 4.62. The molecule has 1 aliphatic heterocycles. The molecule has 0 saturated carbocycles. The van der Waals surface area contributed by atoms with Gasteiger partial charge in [-0.05, 0) is 58.6 Å². The van der Waals surface area contributed by atoms with Gasteiger partial charge in [0.1, 0.15) is 0 Å². The Kier molecular flexibility index (Phi) is 6.57. The summed E-state index contributed by atoms with van der Waals surface area (Å²) >= 11 is 0. The Bertz CT molecular complexity index is 502.